The summed E-state index contributed by atoms with van der Waals surface area (Å²) in [6.45, 7) is 8.42. The molecule has 0 bridgehead atoms. The van der Waals surface area contributed by atoms with Crippen molar-refractivity contribution in [3.05, 3.63) is 87.6 Å². The molecule has 1 amide bonds. The van der Waals surface area contributed by atoms with E-state index in [-0.39, 0.29) is 5.91 Å². The summed E-state index contributed by atoms with van der Waals surface area (Å²) >= 11 is 1.43. The summed E-state index contributed by atoms with van der Waals surface area (Å²) in [6, 6.07) is 18.5. The topological polar surface area (TPSA) is 37.6 Å². The molecule has 1 aromatic heterocycles. The molecular weight excluding hydrogens is 414 g/mol. The van der Waals surface area contributed by atoms with Gasteiger partial charge < -0.3 is 4.57 Å². The Morgan fingerprint density at radius 3 is 2.06 bits per heavy atom. The first kappa shape index (κ1) is 22.2. The molecule has 0 unspecified atom stereocenters. The van der Waals surface area contributed by atoms with E-state index in [0.29, 0.717) is 10.1 Å². The fourth-order valence-corrected chi connectivity index (χ4v) is 4.74. The molecule has 2 heterocycles. The molecule has 0 spiro atoms. The van der Waals surface area contributed by atoms with Crippen molar-refractivity contribution >= 4 is 40.3 Å². The fraction of sp³-hybridized carbons (Fsp3) is 0.259. The lowest BCUT2D eigenvalue weighted by Crippen LogP contribution is -2.28. The number of aromatic nitrogens is 1. The van der Waals surface area contributed by atoms with Gasteiger partial charge in [0.15, 0.2) is 5.17 Å². The summed E-state index contributed by atoms with van der Waals surface area (Å²) < 4.78 is 2.14. The number of rotatable bonds is 5. The number of nitrogens with zero attached hydrogens (tertiary/aromatic N) is 3. The molecule has 164 valence electrons. The van der Waals surface area contributed by atoms with E-state index in [1.807, 2.05) is 37.4 Å². The van der Waals surface area contributed by atoms with Crippen LogP contribution in [0.3, 0.4) is 0 Å². The normalized spacial score (nSPS) is 16.5. The Bertz CT molecular complexity index is 1200. The number of anilines is 1. The van der Waals surface area contributed by atoms with E-state index in [4.69, 9.17) is 4.99 Å². The van der Waals surface area contributed by atoms with E-state index >= 15 is 0 Å². The maximum atomic E-state index is 13.5. The maximum absolute atomic E-state index is 13.5. The van der Waals surface area contributed by atoms with Gasteiger partial charge in [-0.25, -0.2) is 4.99 Å². The van der Waals surface area contributed by atoms with Crippen molar-refractivity contribution < 1.29 is 4.79 Å². The molecule has 1 aliphatic rings. The van der Waals surface area contributed by atoms with Crippen LogP contribution in [0.4, 0.5) is 11.4 Å². The minimum atomic E-state index is -0.0379. The molecule has 4 nitrogen and oxygen atoms in total. The van der Waals surface area contributed by atoms with E-state index in [0.717, 1.165) is 35.5 Å². The first-order valence-electron chi connectivity index (χ1n) is 11.0. The highest BCUT2D eigenvalue weighted by Crippen LogP contribution is 2.38. The highest BCUT2D eigenvalue weighted by atomic mass is 32.2. The molecule has 1 saturated heterocycles. The fourth-order valence-electron chi connectivity index (χ4n) is 3.75. The van der Waals surface area contributed by atoms with Gasteiger partial charge in [-0.2, -0.15) is 0 Å². The molecule has 32 heavy (non-hydrogen) atoms. The number of hydrogen-bond acceptors (Lipinski definition) is 3. The molecule has 0 aliphatic carbocycles. The van der Waals surface area contributed by atoms with E-state index in [9.17, 15) is 4.79 Å². The van der Waals surface area contributed by atoms with Gasteiger partial charge in [0.1, 0.15) is 0 Å². The summed E-state index contributed by atoms with van der Waals surface area (Å²) in [5.74, 6) is -0.0379. The Balaban J connectivity index is 1.77. The Kier molecular flexibility index (Phi) is 6.38. The number of amidine groups is 1. The van der Waals surface area contributed by atoms with Gasteiger partial charge in [0.05, 0.1) is 16.3 Å². The lowest BCUT2D eigenvalue weighted by molar-refractivity contribution is -0.113. The Morgan fingerprint density at radius 1 is 0.938 bits per heavy atom. The van der Waals surface area contributed by atoms with E-state index < -0.39 is 0 Å². The Hall–Kier alpha value is -3.05. The first-order valence-corrected chi connectivity index (χ1v) is 11.9. The van der Waals surface area contributed by atoms with Gasteiger partial charge in [0, 0.05) is 18.4 Å². The van der Waals surface area contributed by atoms with Crippen LogP contribution in [-0.2, 0) is 24.7 Å². The number of carbonyl (C=O) groups is 1. The van der Waals surface area contributed by atoms with Gasteiger partial charge in [0.2, 0.25) is 0 Å². The molecule has 2 aromatic carbocycles. The summed E-state index contributed by atoms with van der Waals surface area (Å²) in [6.07, 6.45) is 3.94. The molecule has 3 aromatic rings. The third kappa shape index (κ3) is 4.30. The lowest BCUT2D eigenvalue weighted by Gasteiger charge is -2.16. The van der Waals surface area contributed by atoms with Crippen LogP contribution in [0.15, 0.2) is 64.5 Å². The van der Waals surface area contributed by atoms with Crippen LogP contribution in [-0.4, -0.2) is 15.6 Å². The van der Waals surface area contributed by atoms with Crippen LogP contribution in [0.2, 0.25) is 0 Å². The van der Waals surface area contributed by atoms with Crippen LogP contribution < -0.4 is 4.90 Å². The minimum absolute atomic E-state index is 0.0379. The van der Waals surface area contributed by atoms with Gasteiger partial charge in [-0.05, 0) is 91.5 Å². The van der Waals surface area contributed by atoms with Gasteiger partial charge in [-0.1, -0.05) is 38.1 Å². The van der Waals surface area contributed by atoms with Crippen molar-refractivity contribution in [2.45, 2.75) is 40.5 Å². The third-order valence-corrected chi connectivity index (χ3v) is 7.05. The molecule has 1 aliphatic heterocycles. The summed E-state index contributed by atoms with van der Waals surface area (Å²) in [7, 11) is 2.05. The zero-order chi connectivity index (χ0) is 22.8. The second kappa shape index (κ2) is 9.21. The number of aryl methyl sites for hydroxylation is 3. The van der Waals surface area contributed by atoms with Crippen molar-refractivity contribution in [2.24, 2.45) is 12.0 Å². The number of hydrogen-bond donors (Lipinski definition) is 0. The maximum Gasteiger partial charge on any atom is 0.271 e. The van der Waals surface area contributed by atoms with E-state index in [1.54, 1.807) is 4.90 Å². The van der Waals surface area contributed by atoms with Crippen molar-refractivity contribution in [1.29, 1.82) is 0 Å². The molecule has 1 fully saturated rings. The van der Waals surface area contributed by atoms with E-state index in [1.165, 1.54) is 28.6 Å². The van der Waals surface area contributed by atoms with Crippen LogP contribution >= 0.6 is 11.8 Å². The van der Waals surface area contributed by atoms with Gasteiger partial charge in [0.25, 0.3) is 5.91 Å². The predicted molar refractivity (Wildman–Crippen MR) is 137 cm³/mol. The number of benzene rings is 2. The second-order valence-electron chi connectivity index (χ2n) is 8.07. The average Bonchev–Trinajstić information content (AvgIpc) is 3.24. The summed E-state index contributed by atoms with van der Waals surface area (Å²) in [4.78, 5) is 20.8. The summed E-state index contributed by atoms with van der Waals surface area (Å²) in [5, 5.41) is 0.681. The minimum Gasteiger partial charge on any atom is -0.352 e. The van der Waals surface area contributed by atoms with Crippen molar-refractivity contribution in [3.8, 4) is 0 Å². The molecule has 4 rings (SSSR count). The lowest BCUT2D eigenvalue weighted by atomic mass is 10.1. The predicted octanol–water partition coefficient (Wildman–Crippen LogP) is 6.58. The molecule has 0 N–H and O–H groups in total. The molecule has 5 heteroatoms. The zero-order valence-corrected chi connectivity index (χ0v) is 20.2. The third-order valence-electron chi connectivity index (χ3n) is 6.08. The van der Waals surface area contributed by atoms with Gasteiger partial charge in [-0.15, -0.1) is 0 Å². The van der Waals surface area contributed by atoms with Crippen LogP contribution in [0.1, 0.15) is 41.9 Å². The largest absolute Gasteiger partial charge is 0.352 e. The Labute approximate surface area is 194 Å². The number of thioether (sulfide) groups is 1. The molecule has 0 atom stereocenters. The SMILES string of the molecule is CCc1ccc(N=C2S/C(=C\c3cc(C)n(C)c3C)C(=O)N2c2ccc(CC)cc2)cc1. The Morgan fingerprint density at radius 2 is 1.53 bits per heavy atom. The number of aliphatic imine (C=N–C) groups is 1. The molecule has 0 saturated carbocycles. The molecule has 0 radical (unpaired) electrons. The van der Waals surface area contributed by atoms with Gasteiger partial charge in [-0.3, -0.25) is 9.69 Å². The highest BCUT2D eigenvalue weighted by molar-refractivity contribution is 8.19. The second-order valence-corrected chi connectivity index (χ2v) is 9.08. The van der Waals surface area contributed by atoms with Gasteiger partial charge >= 0.3 is 0 Å². The number of amides is 1. The van der Waals surface area contributed by atoms with Crippen LogP contribution in [0.25, 0.3) is 6.08 Å². The van der Waals surface area contributed by atoms with Crippen LogP contribution in [0, 0.1) is 13.8 Å². The quantitative estimate of drug-likeness (QED) is 0.418. The standard InChI is InChI=1S/C27H29N3OS/c1-6-20-8-12-23(13-9-20)28-27-30(24-14-10-21(7-2)11-15-24)26(31)25(32-27)17-22-16-18(3)29(5)19(22)4/h8-17H,6-7H2,1-5H3/b25-17-,28-27?. The van der Waals surface area contributed by atoms with Crippen molar-refractivity contribution in [2.75, 3.05) is 4.90 Å². The smallest absolute Gasteiger partial charge is 0.271 e. The van der Waals surface area contributed by atoms with Crippen molar-refractivity contribution in [3.63, 3.8) is 0 Å². The monoisotopic (exact) mass is 443 g/mol. The average molecular weight is 444 g/mol. The van der Waals surface area contributed by atoms with Crippen LogP contribution in [0.5, 0.6) is 0 Å². The number of carbonyl (C=O) groups excluding carboxylic acids is 1. The first-order chi connectivity index (χ1) is 15.4. The highest BCUT2D eigenvalue weighted by Gasteiger charge is 2.35. The van der Waals surface area contributed by atoms with E-state index in [2.05, 4.69) is 62.6 Å². The van der Waals surface area contributed by atoms with Crippen molar-refractivity contribution in [1.82, 2.24) is 4.57 Å². The zero-order valence-electron chi connectivity index (χ0n) is 19.3. The summed E-state index contributed by atoms with van der Waals surface area (Å²) in [5.41, 5.74) is 7.58. The molecular formula is C27H29N3OS.